The summed E-state index contributed by atoms with van der Waals surface area (Å²) in [4.78, 5) is 0. The highest BCUT2D eigenvalue weighted by molar-refractivity contribution is 6.31. The normalized spacial score (nSPS) is 12.4. The molecule has 2 rings (SSSR count). The van der Waals surface area contributed by atoms with Gasteiger partial charge in [0.2, 0.25) is 0 Å². The molecule has 0 radical (unpaired) electrons. The second-order valence-electron chi connectivity index (χ2n) is 5.10. The minimum absolute atomic E-state index is 0.144. The molecule has 0 amide bonds. The second-order valence-corrected chi connectivity index (χ2v) is 5.51. The van der Waals surface area contributed by atoms with Gasteiger partial charge in [0.1, 0.15) is 5.82 Å². The summed E-state index contributed by atoms with van der Waals surface area (Å²) in [6, 6.07) is 13.1. The van der Waals surface area contributed by atoms with Crippen LogP contribution in [0, 0.1) is 5.82 Å². The number of halogens is 2. The summed E-state index contributed by atoms with van der Waals surface area (Å²) in [5.41, 5.74) is 3.42. The zero-order valence-corrected chi connectivity index (χ0v) is 13.3. The van der Waals surface area contributed by atoms with Crippen LogP contribution in [0.1, 0.15) is 36.6 Å². The zero-order valence-electron chi connectivity index (χ0n) is 12.5. The van der Waals surface area contributed by atoms with Crippen molar-refractivity contribution in [3.8, 4) is 0 Å². The summed E-state index contributed by atoms with van der Waals surface area (Å²) in [6.45, 7) is 5.08. The van der Waals surface area contributed by atoms with Crippen molar-refractivity contribution in [2.75, 3.05) is 6.54 Å². The molecule has 1 atom stereocenters. The first-order valence-corrected chi connectivity index (χ1v) is 7.78. The first-order chi connectivity index (χ1) is 10.2. The fourth-order valence-corrected chi connectivity index (χ4v) is 2.85. The number of hydrogen-bond acceptors (Lipinski definition) is 1. The average Bonchev–Trinajstić information content (AvgIpc) is 2.50. The van der Waals surface area contributed by atoms with Gasteiger partial charge >= 0.3 is 0 Å². The Kier molecular flexibility index (Phi) is 5.77. The molecule has 0 bridgehead atoms. The molecule has 0 saturated carbocycles. The third kappa shape index (κ3) is 4.05. The van der Waals surface area contributed by atoms with Crippen LogP contribution in [0.3, 0.4) is 0 Å². The molecular weight excluding hydrogens is 285 g/mol. The summed E-state index contributed by atoms with van der Waals surface area (Å²) in [5, 5.41) is 4.11. The Labute approximate surface area is 131 Å². The summed E-state index contributed by atoms with van der Waals surface area (Å²) in [5.74, 6) is -0.242. The van der Waals surface area contributed by atoms with Gasteiger partial charge in [-0.25, -0.2) is 4.39 Å². The van der Waals surface area contributed by atoms with E-state index in [1.54, 1.807) is 6.07 Å². The maximum atomic E-state index is 13.5. The summed E-state index contributed by atoms with van der Waals surface area (Å²) >= 11 is 6.21. The fraction of sp³-hybridized carbons (Fsp3) is 0.333. The number of aryl methyl sites for hydroxylation is 1. The predicted molar refractivity (Wildman–Crippen MR) is 87.4 cm³/mol. The van der Waals surface area contributed by atoms with Crippen LogP contribution in [0.5, 0.6) is 0 Å². The molecule has 1 nitrogen and oxygen atoms in total. The first-order valence-electron chi connectivity index (χ1n) is 7.40. The highest BCUT2D eigenvalue weighted by Gasteiger charge is 2.16. The van der Waals surface area contributed by atoms with E-state index in [2.05, 4.69) is 37.4 Å². The van der Waals surface area contributed by atoms with Crippen molar-refractivity contribution in [1.82, 2.24) is 5.32 Å². The molecule has 1 N–H and O–H groups in total. The molecule has 2 aromatic rings. The predicted octanol–water partition coefficient (Wildman–Crippen LogP) is 4.93. The molecule has 0 aromatic heterocycles. The van der Waals surface area contributed by atoms with E-state index < -0.39 is 0 Å². The van der Waals surface area contributed by atoms with E-state index in [4.69, 9.17) is 11.6 Å². The maximum absolute atomic E-state index is 13.5. The van der Waals surface area contributed by atoms with Crippen molar-refractivity contribution < 1.29 is 4.39 Å². The van der Waals surface area contributed by atoms with E-state index in [0.29, 0.717) is 11.4 Å². The van der Waals surface area contributed by atoms with Crippen LogP contribution in [0.15, 0.2) is 42.5 Å². The van der Waals surface area contributed by atoms with Gasteiger partial charge in [0.15, 0.2) is 0 Å². The highest BCUT2D eigenvalue weighted by Crippen LogP contribution is 2.26. The quantitative estimate of drug-likeness (QED) is 0.797. The average molecular weight is 306 g/mol. The lowest BCUT2D eigenvalue weighted by Crippen LogP contribution is -2.24. The van der Waals surface area contributed by atoms with Gasteiger partial charge in [-0.05, 0) is 54.3 Å². The standard InChI is InChI=1S/C18H21ClFN/c1-3-13-7-5-6-8-16(13)18(21-4-2)12-14-11-15(20)9-10-17(14)19/h5-11,18,21H,3-4,12H2,1-2H3. The molecular formula is C18H21ClFN. The van der Waals surface area contributed by atoms with Crippen molar-refractivity contribution in [1.29, 1.82) is 0 Å². The number of likely N-dealkylation sites (N-methyl/N-ethyl adjacent to an activating group) is 1. The molecule has 3 heteroatoms. The molecule has 0 saturated heterocycles. The number of benzene rings is 2. The van der Waals surface area contributed by atoms with Gasteiger partial charge in [0.05, 0.1) is 0 Å². The topological polar surface area (TPSA) is 12.0 Å². The number of nitrogens with one attached hydrogen (secondary N) is 1. The number of rotatable bonds is 6. The smallest absolute Gasteiger partial charge is 0.123 e. The van der Waals surface area contributed by atoms with Gasteiger partial charge in [-0.15, -0.1) is 0 Å². The van der Waals surface area contributed by atoms with E-state index in [9.17, 15) is 4.39 Å². The lowest BCUT2D eigenvalue weighted by atomic mass is 9.93. The molecule has 0 fully saturated rings. The van der Waals surface area contributed by atoms with Gasteiger partial charge in [-0.3, -0.25) is 0 Å². The van der Waals surface area contributed by atoms with Gasteiger partial charge in [-0.1, -0.05) is 49.7 Å². The van der Waals surface area contributed by atoms with Crippen molar-refractivity contribution in [3.05, 3.63) is 70.0 Å². The summed E-state index contributed by atoms with van der Waals surface area (Å²) in [7, 11) is 0. The van der Waals surface area contributed by atoms with Crippen molar-refractivity contribution in [2.24, 2.45) is 0 Å². The van der Waals surface area contributed by atoms with Gasteiger partial charge < -0.3 is 5.32 Å². The highest BCUT2D eigenvalue weighted by atomic mass is 35.5. The van der Waals surface area contributed by atoms with Crippen LogP contribution in [0.25, 0.3) is 0 Å². The van der Waals surface area contributed by atoms with E-state index in [-0.39, 0.29) is 11.9 Å². The lowest BCUT2D eigenvalue weighted by Gasteiger charge is -2.22. The summed E-state index contributed by atoms with van der Waals surface area (Å²) < 4.78 is 13.5. The van der Waals surface area contributed by atoms with Crippen molar-refractivity contribution >= 4 is 11.6 Å². The van der Waals surface area contributed by atoms with E-state index in [1.807, 2.05) is 6.07 Å². The van der Waals surface area contributed by atoms with E-state index in [0.717, 1.165) is 18.5 Å². The molecule has 0 heterocycles. The van der Waals surface area contributed by atoms with E-state index >= 15 is 0 Å². The van der Waals surface area contributed by atoms with Crippen LogP contribution in [-0.2, 0) is 12.8 Å². The van der Waals surface area contributed by atoms with Crippen LogP contribution in [-0.4, -0.2) is 6.54 Å². The molecule has 112 valence electrons. The van der Waals surface area contributed by atoms with Gasteiger partial charge in [-0.2, -0.15) is 0 Å². The molecule has 0 aliphatic carbocycles. The van der Waals surface area contributed by atoms with Crippen LogP contribution in [0.4, 0.5) is 4.39 Å². The van der Waals surface area contributed by atoms with Gasteiger partial charge in [0, 0.05) is 11.1 Å². The Bertz CT molecular complexity index is 598. The zero-order chi connectivity index (χ0) is 15.2. The monoisotopic (exact) mass is 305 g/mol. The van der Waals surface area contributed by atoms with Crippen LogP contribution >= 0.6 is 11.6 Å². The van der Waals surface area contributed by atoms with Crippen LogP contribution < -0.4 is 5.32 Å². The molecule has 0 spiro atoms. The van der Waals surface area contributed by atoms with Crippen molar-refractivity contribution in [3.63, 3.8) is 0 Å². The molecule has 1 unspecified atom stereocenters. The lowest BCUT2D eigenvalue weighted by molar-refractivity contribution is 0.543. The number of hydrogen-bond donors (Lipinski definition) is 1. The fourth-order valence-electron chi connectivity index (χ4n) is 2.65. The van der Waals surface area contributed by atoms with Crippen molar-refractivity contribution in [2.45, 2.75) is 32.7 Å². The Balaban J connectivity index is 2.33. The van der Waals surface area contributed by atoms with Gasteiger partial charge in [0.25, 0.3) is 0 Å². The minimum atomic E-state index is -0.242. The Morgan fingerprint density at radius 1 is 1.10 bits per heavy atom. The maximum Gasteiger partial charge on any atom is 0.123 e. The van der Waals surface area contributed by atoms with E-state index in [1.165, 1.54) is 23.3 Å². The molecule has 2 aromatic carbocycles. The third-order valence-corrected chi connectivity index (χ3v) is 4.06. The molecule has 21 heavy (non-hydrogen) atoms. The second kappa shape index (κ2) is 7.58. The Morgan fingerprint density at radius 3 is 2.57 bits per heavy atom. The Hall–Kier alpha value is -1.38. The van der Waals surface area contributed by atoms with Crippen LogP contribution in [0.2, 0.25) is 5.02 Å². The first kappa shape index (κ1) is 16.0. The molecule has 0 aliphatic rings. The summed E-state index contributed by atoms with van der Waals surface area (Å²) in [6.07, 6.45) is 1.66. The Morgan fingerprint density at radius 2 is 1.86 bits per heavy atom. The molecule has 0 aliphatic heterocycles. The minimum Gasteiger partial charge on any atom is -0.310 e. The SMILES string of the molecule is CCNC(Cc1cc(F)ccc1Cl)c1ccccc1CC. The third-order valence-electron chi connectivity index (χ3n) is 3.69. The largest absolute Gasteiger partial charge is 0.310 e.